The normalized spacial score (nSPS) is 15.2. The Morgan fingerprint density at radius 3 is 2.63 bits per heavy atom. The van der Waals surface area contributed by atoms with Gasteiger partial charge in [0.15, 0.2) is 0 Å². The van der Waals surface area contributed by atoms with Crippen LogP contribution in [0.15, 0.2) is 33.7 Å². The molecule has 13 heteroatoms. The van der Waals surface area contributed by atoms with Gasteiger partial charge in [-0.25, -0.2) is 18.6 Å². The lowest BCUT2D eigenvalue weighted by Gasteiger charge is -2.11. The van der Waals surface area contributed by atoms with Crippen molar-refractivity contribution in [2.45, 2.75) is 11.3 Å². The highest BCUT2D eigenvalue weighted by Crippen LogP contribution is 2.32. The van der Waals surface area contributed by atoms with Crippen LogP contribution in [-0.4, -0.2) is 48.6 Å². The molecule has 0 unspecified atom stereocenters. The number of guanidine groups is 1. The summed E-state index contributed by atoms with van der Waals surface area (Å²) in [5.74, 6) is -1.19. The number of benzene rings is 1. The fourth-order valence-corrected chi connectivity index (χ4v) is 3.27. The van der Waals surface area contributed by atoms with Crippen LogP contribution in [-0.2, 0) is 29.2 Å². The molecular weight excluding hydrogens is 400 g/mol. The van der Waals surface area contributed by atoms with E-state index in [1.54, 1.807) is 6.07 Å². The van der Waals surface area contributed by atoms with Gasteiger partial charge in [-0.3, -0.25) is 4.79 Å². The minimum Gasteiger partial charge on any atom is -0.491 e. The molecular formula is C14H18N4O7S2. The van der Waals surface area contributed by atoms with Crippen LogP contribution in [0.1, 0.15) is 12.0 Å². The molecule has 148 valence electrons. The molecule has 1 aliphatic rings. The van der Waals surface area contributed by atoms with Gasteiger partial charge in [-0.1, -0.05) is 12.1 Å². The first-order chi connectivity index (χ1) is 12.5. The van der Waals surface area contributed by atoms with Crippen LogP contribution < -0.4 is 20.7 Å². The van der Waals surface area contributed by atoms with Crippen molar-refractivity contribution in [3.63, 3.8) is 0 Å². The molecule has 11 nitrogen and oxygen atoms in total. The van der Waals surface area contributed by atoms with E-state index in [1.807, 2.05) is 5.48 Å². The van der Waals surface area contributed by atoms with Gasteiger partial charge >= 0.3 is 0 Å². The maximum Gasteiger partial charge on any atom is 0.285 e. The molecule has 0 saturated heterocycles. The Morgan fingerprint density at radius 2 is 2.00 bits per heavy atom. The van der Waals surface area contributed by atoms with Crippen molar-refractivity contribution in [2.24, 2.45) is 10.7 Å². The number of hydrogen-bond acceptors (Lipinski definition) is 7. The molecule has 0 aromatic heterocycles. The van der Waals surface area contributed by atoms with Crippen molar-refractivity contribution < 1.29 is 30.7 Å². The second kappa shape index (κ2) is 8.04. The number of fused-ring (bicyclic) bond motifs is 1. The zero-order chi connectivity index (χ0) is 20.2. The number of aliphatic imine (C=N–C) groups is 1. The lowest BCUT2D eigenvalue weighted by atomic mass is 10.1. The SMILES string of the molecule is CNS(=O)(=O)c1cccc2c1OCCC(C(=O)N=C(N)NOS(C)(=O)=O)=C2. The molecule has 1 aromatic rings. The van der Waals surface area contributed by atoms with Crippen LogP contribution in [0.3, 0.4) is 0 Å². The standard InChI is InChI=1S/C14H18N4O7S2/c1-16-27(22,23)11-5-3-4-9-8-10(6-7-24-12(9)11)13(19)17-14(15)18-25-26(2,20)21/h3-5,8,16H,6-7H2,1-2H3,(H3,15,17,18,19). The second-order valence-electron chi connectivity index (χ2n) is 5.34. The summed E-state index contributed by atoms with van der Waals surface area (Å²) in [7, 11) is -6.30. The van der Waals surface area contributed by atoms with Gasteiger partial charge in [0.05, 0.1) is 12.9 Å². The minimum atomic E-state index is -3.83. The number of para-hydroxylation sites is 1. The van der Waals surface area contributed by atoms with Crippen LogP contribution >= 0.6 is 0 Å². The van der Waals surface area contributed by atoms with Gasteiger partial charge in [-0.15, -0.1) is 4.28 Å². The third kappa shape index (κ3) is 5.50. The maximum absolute atomic E-state index is 12.3. The first-order valence-corrected chi connectivity index (χ1v) is 10.8. The van der Waals surface area contributed by atoms with Gasteiger partial charge < -0.3 is 10.5 Å². The number of carbonyl (C=O) groups is 1. The van der Waals surface area contributed by atoms with Gasteiger partial charge in [0.1, 0.15) is 10.6 Å². The second-order valence-corrected chi connectivity index (χ2v) is 8.77. The molecule has 1 aliphatic heterocycles. The Bertz CT molecular complexity index is 1010. The first-order valence-electron chi connectivity index (χ1n) is 7.46. The lowest BCUT2D eigenvalue weighted by Crippen LogP contribution is -2.34. The Balaban J connectivity index is 2.33. The average Bonchev–Trinajstić information content (AvgIpc) is 2.81. The summed E-state index contributed by atoms with van der Waals surface area (Å²) in [4.78, 5) is 15.7. The highest BCUT2D eigenvalue weighted by Gasteiger charge is 2.23. The summed E-state index contributed by atoms with van der Waals surface area (Å²) in [5, 5.41) is 0. The molecule has 2 rings (SSSR count). The molecule has 0 aliphatic carbocycles. The number of nitrogens with zero attached hydrogens (tertiary/aromatic N) is 1. The molecule has 0 bridgehead atoms. The first kappa shape index (κ1) is 20.8. The van der Waals surface area contributed by atoms with E-state index in [-0.39, 0.29) is 29.2 Å². The summed E-state index contributed by atoms with van der Waals surface area (Å²) >= 11 is 0. The number of rotatable bonds is 5. The fraction of sp³-hybridized carbons (Fsp3) is 0.286. The maximum atomic E-state index is 12.3. The zero-order valence-electron chi connectivity index (χ0n) is 14.4. The van der Waals surface area contributed by atoms with Gasteiger partial charge in [0.25, 0.3) is 16.0 Å². The van der Waals surface area contributed by atoms with Crippen molar-refractivity contribution in [2.75, 3.05) is 19.9 Å². The number of hydrogen-bond donors (Lipinski definition) is 3. The molecule has 0 radical (unpaired) electrons. The molecule has 27 heavy (non-hydrogen) atoms. The van der Waals surface area contributed by atoms with E-state index < -0.39 is 32.0 Å². The molecule has 1 amide bonds. The van der Waals surface area contributed by atoms with Crippen LogP contribution in [0.25, 0.3) is 6.08 Å². The van der Waals surface area contributed by atoms with E-state index in [2.05, 4.69) is 14.0 Å². The Hall–Kier alpha value is -2.48. The predicted octanol–water partition coefficient (Wildman–Crippen LogP) is -0.917. The third-order valence-electron chi connectivity index (χ3n) is 3.31. The molecule has 0 fully saturated rings. The molecule has 1 aromatic carbocycles. The average molecular weight is 418 g/mol. The van der Waals surface area contributed by atoms with Crippen molar-refractivity contribution in [1.82, 2.24) is 10.2 Å². The fourth-order valence-electron chi connectivity index (χ4n) is 2.14. The Morgan fingerprint density at radius 1 is 1.30 bits per heavy atom. The zero-order valence-corrected chi connectivity index (χ0v) is 16.1. The van der Waals surface area contributed by atoms with Crippen molar-refractivity contribution >= 4 is 38.1 Å². The highest BCUT2D eigenvalue weighted by molar-refractivity contribution is 7.89. The number of amides is 1. The lowest BCUT2D eigenvalue weighted by molar-refractivity contribution is -0.114. The number of nitrogens with two attached hydrogens (primary N) is 1. The predicted molar refractivity (Wildman–Crippen MR) is 96.5 cm³/mol. The number of nitrogens with one attached hydrogen (secondary N) is 2. The number of hydroxylamine groups is 1. The smallest absolute Gasteiger partial charge is 0.285 e. The molecule has 0 atom stereocenters. The van der Waals surface area contributed by atoms with E-state index in [0.717, 1.165) is 6.26 Å². The van der Waals surface area contributed by atoms with Crippen molar-refractivity contribution in [1.29, 1.82) is 0 Å². The van der Waals surface area contributed by atoms with Gasteiger partial charge in [-0.05, 0) is 19.2 Å². The molecule has 0 spiro atoms. The Labute approximate surface area is 156 Å². The van der Waals surface area contributed by atoms with E-state index in [1.165, 1.54) is 25.3 Å². The van der Waals surface area contributed by atoms with E-state index in [0.29, 0.717) is 5.56 Å². The largest absolute Gasteiger partial charge is 0.491 e. The van der Waals surface area contributed by atoms with Crippen LogP contribution in [0.5, 0.6) is 5.75 Å². The van der Waals surface area contributed by atoms with E-state index in [4.69, 9.17) is 10.5 Å². The minimum absolute atomic E-state index is 0.0313. The van der Waals surface area contributed by atoms with Crippen LogP contribution in [0.4, 0.5) is 0 Å². The molecule has 1 heterocycles. The van der Waals surface area contributed by atoms with Crippen molar-refractivity contribution in [3.05, 3.63) is 29.3 Å². The van der Waals surface area contributed by atoms with Gasteiger partial charge in [0.2, 0.25) is 16.0 Å². The summed E-state index contributed by atoms with van der Waals surface area (Å²) in [6, 6.07) is 4.48. The summed E-state index contributed by atoms with van der Waals surface area (Å²) in [6.45, 7) is 0.0313. The van der Waals surface area contributed by atoms with Crippen LogP contribution in [0, 0.1) is 0 Å². The van der Waals surface area contributed by atoms with Gasteiger partial charge in [-0.2, -0.15) is 13.4 Å². The monoisotopic (exact) mass is 418 g/mol. The topological polar surface area (TPSA) is 166 Å². The van der Waals surface area contributed by atoms with Crippen molar-refractivity contribution in [3.8, 4) is 5.75 Å². The summed E-state index contributed by atoms with van der Waals surface area (Å²) < 4.78 is 57.9. The van der Waals surface area contributed by atoms with E-state index in [9.17, 15) is 21.6 Å². The number of sulfonamides is 1. The number of ether oxygens (including phenoxy) is 1. The van der Waals surface area contributed by atoms with Gasteiger partial charge in [0, 0.05) is 17.6 Å². The molecule has 0 saturated carbocycles. The summed E-state index contributed by atoms with van der Waals surface area (Å²) in [5.41, 5.74) is 7.81. The third-order valence-corrected chi connectivity index (χ3v) is 5.13. The summed E-state index contributed by atoms with van der Waals surface area (Å²) in [6.07, 6.45) is 2.36. The molecule has 4 N–H and O–H groups in total. The number of carbonyl (C=O) groups excluding carboxylic acids is 1. The van der Waals surface area contributed by atoms with Crippen LogP contribution in [0.2, 0.25) is 0 Å². The Kier molecular flexibility index (Phi) is 6.20. The highest BCUT2D eigenvalue weighted by atomic mass is 32.2. The quantitative estimate of drug-likeness (QED) is 0.311. The van der Waals surface area contributed by atoms with E-state index >= 15 is 0 Å².